The molecule has 2 N–H and O–H groups in total. The van der Waals surface area contributed by atoms with Gasteiger partial charge in [0.2, 0.25) is 0 Å². The molecule has 0 bridgehead atoms. The first-order chi connectivity index (χ1) is 14.7. The Morgan fingerprint density at radius 3 is 2.53 bits per heavy atom. The summed E-state index contributed by atoms with van der Waals surface area (Å²) in [6, 6.07) is 13.6. The fourth-order valence-corrected chi connectivity index (χ4v) is 3.89. The van der Waals surface area contributed by atoms with Crippen molar-refractivity contribution < 1.29 is 23.5 Å². The molecular weight excluding hydrogens is 424 g/mol. The molecule has 0 fully saturated rings. The number of ether oxygens (including phenoxy) is 3. The molecule has 164 valence electrons. The minimum atomic E-state index is 0.114. The van der Waals surface area contributed by atoms with Crippen molar-refractivity contribution in [1.29, 1.82) is 0 Å². The molecule has 1 atom stereocenters. The summed E-state index contributed by atoms with van der Waals surface area (Å²) in [5, 5.41) is 0. The summed E-state index contributed by atoms with van der Waals surface area (Å²) in [6.07, 6.45) is 4.65. The second kappa shape index (κ2) is 14.2. The normalized spacial score (nSPS) is 12.1. The highest BCUT2D eigenvalue weighted by atomic mass is 32.2. The number of thioether (sulfide) groups is 1. The van der Waals surface area contributed by atoms with Gasteiger partial charge in [-0.1, -0.05) is 18.2 Å². The van der Waals surface area contributed by atoms with Crippen LogP contribution in [0.25, 0.3) is 0 Å². The zero-order valence-corrected chi connectivity index (χ0v) is 19.0. The molecule has 0 aromatic heterocycles. The van der Waals surface area contributed by atoms with Crippen LogP contribution in [0, 0.1) is 0 Å². The molecule has 7 nitrogen and oxygen atoms in total. The maximum Gasteiger partial charge on any atom is 0.161 e. The second-order valence-corrected chi connectivity index (χ2v) is 7.72. The zero-order chi connectivity index (χ0) is 21.6. The summed E-state index contributed by atoms with van der Waals surface area (Å²) in [4.78, 5) is 9.68. The molecule has 0 unspecified atom stereocenters. The summed E-state index contributed by atoms with van der Waals surface area (Å²) in [7, 11) is 1.60. The quantitative estimate of drug-likeness (QED) is 0.196. The standard InChI is InChI=1S/C21H28N2O5S2/c1-4-25-18-7-5-6-8-19(18)26-12-11-23-17(15-29-3)13-16-9-10-20(24-2)21(14-16)30-28-27-22/h5-11,14,17H,4,12-13,15,22H2,1-3H3/t17-/m0/s1. The highest BCUT2D eigenvalue weighted by Gasteiger charge is 2.11. The van der Waals surface area contributed by atoms with Crippen LogP contribution in [0.15, 0.2) is 52.4 Å². The van der Waals surface area contributed by atoms with Gasteiger partial charge in [-0.2, -0.15) is 17.7 Å². The van der Waals surface area contributed by atoms with Crippen molar-refractivity contribution in [2.45, 2.75) is 24.3 Å². The monoisotopic (exact) mass is 452 g/mol. The Kier molecular flexibility index (Phi) is 11.5. The van der Waals surface area contributed by atoms with Crippen molar-refractivity contribution in [3.8, 4) is 17.2 Å². The molecule has 0 spiro atoms. The van der Waals surface area contributed by atoms with Crippen LogP contribution in [0.3, 0.4) is 0 Å². The van der Waals surface area contributed by atoms with Gasteiger partial charge < -0.3 is 14.2 Å². The van der Waals surface area contributed by atoms with Crippen molar-refractivity contribution in [3.05, 3.63) is 48.0 Å². The molecule has 9 heteroatoms. The van der Waals surface area contributed by atoms with E-state index < -0.39 is 0 Å². The molecule has 0 saturated heterocycles. The maximum absolute atomic E-state index is 5.82. The van der Waals surface area contributed by atoms with Crippen LogP contribution in [-0.4, -0.2) is 44.6 Å². The average Bonchev–Trinajstić information content (AvgIpc) is 2.76. The van der Waals surface area contributed by atoms with E-state index in [0.29, 0.717) is 24.7 Å². The molecule has 0 amide bonds. The molecule has 30 heavy (non-hydrogen) atoms. The van der Waals surface area contributed by atoms with Crippen LogP contribution in [-0.2, 0) is 15.7 Å². The first-order valence-corrected chi connectivity index (χ1v) is 11.6. The van der Waals surface area contributed by atoms with Crippen LogP contribution < -0.4 is 20.1 Å². The first kappa shape index (κ1) is 24.4. The number of nitrogens with two attached hydrogens (primary N) is 1. The fourth-order valence-electron chi connectivity index (χ4n) is 2.75. The van der Waals surface area contributed by atoms with Gasteiger partial charge in [0.1, 0.15) is 12.4 Å². The van der Waals surface area contributed by atoms with Crippen molar-refractivity contribution in [2.24, 2.45) is 10.9 Å². The van der Waals surface area contributed by atoms with Crippen molar-refractivity contribution in [1.82, 2.24) is 0 Å². The molecule has 2 rings (SSSR count). The van der Waals surface area contributed by atoms with Gasteiger partial charge in [-0.25, -0.2) is 0 Å². The Morgan fingerprint density at radius 2 is 1.87 bits per heavy atom. The van der Waals surface area contributed by atoms with Gasteiger partial charge in [0.15, 0.2) is 11.5 Å². The van der Waals surface area contributed by atoms with Gasteiger partial charge in [0.05, 0.1) is 36.7 Å². The molecule has 0 saturated carbocycles. The number of hydrogen-bond donors (Lipinski definition) is 1. The van der Waals surface area contributed by atoms with Crippen LogP contribution in [0.1, 0.15) is 12.5 Å². The number of nitrogens with zero attached hydrogens (tertiary/aromatic N) is 1. The largest absolute Gasteiger partial charge is 0.495 e. The Balaban J connectivity index is 1.99. The summed E-state index contributed by atoms with van der Waals surface area (Å²) in [6.45, 7) is 2.92. The summed E-state index contributed by atoms with van der Waals surface area (Å²) < 4.78 is 21.5. The van der Waals surface area contributed by atoms with Crippen LogP contribution in [0.5, 0.6) is 17.2 Å². The SMILES string of the molecule is CCOc1ccccc1OCC=N[C@H](CSC)Cc1ccc(OC)c(SOON)c1. The lowest BCUT2D eigenvalue weighted by Crippen LogP contribution is -2.14. The van der Waals surface area contributed by atoms with E-state index in [1.807, 2.05) is 55.6 Å². The van der Waals surface area contributed by atoms with Crippen molar-refractivity contribution in [2.75, 3.05) is 32.3 Å². The molecule has 2 aromatic rings. The molecule has 0 aliphatic carbocycles. The highest BCUT2D eigenvalue weighted by molar-refractivity contribution is 7.98. The zero-order valence-electron chi connectivity index (χ0n) is 17.4. The smallest absolute Gasteiger partial charge is 0.161 e. The van der Waals surface area contributed by atoms with Gasteiger partial charge in [-0.3, -0.25) is 4.99 Å². The van der Waals surface area contributed by atoms with Crippen LogP contribution >= 0.6 is 23.8 Å². The van der Waals surface area contributed by atoms with Crippen LogP contribution in [0.4, 0.5) is 0 Å². The Bertz CT molecular complexity index is 792. The van der Waals surface area contributed by atoms with Gasteiger partial charge in [0, 0.05) is 12.0 Å². The van der Waals surface area contributed by atoms with E-state index >= 15 is 0 Å². The fraction of sp³-hybridized carbons (Fsp3) is 0.381. The van der Waals surface area contributed by atoms with Crippen molar-refractivity contribution in [3.63, 3.8) is 0 Å². The molecule has 0 aliphatic heterocycles. The average molecular weight is 453 g/mol. The molecule has 0 radical (unpaired) electrons. The lowest BCUT2D eigenvalue weighted by molar-refractivity contribution is -0.195. The Hall–Kier alpha value is -1.91. The van der Waals surface area contributed by atoms with Crippen LogP contribution in [0.2, 0.25) is 0 Å². The third-order valence-electron chi connectivity index (χ3n) is 4.00. The Labute approximate surface area is 186 Å². The molecule has 0 aliphatic rings. The number of para-hydroxylation sites is 2. The predicted molar refractivity (Wildman–Crippen MR) is 123 cm³/mol. The summed E-state index contributed by atoms with van der Waals surface area (Å²) in [5.41, 5.74) is 1.11. The third kappa shape index (κ3) is 8.08. The van der Waals surface area contributed by atoms with Gasteiger partial charge in [-0.15, -0.1) is 9.32 Å². The summed E-state index contributed by atoms with van der Waals surface area (Å²) >= 11 is 2.76. The number of methoxy groups -OCH3 is 1. The molecular formula is C21H28N2O5S2. The number of rotatable bonds is 14. The third-order valence-corrected chi connectivity index (χ3v) is 5.36. The summed E-state index contributed by atoms with van der Waals surface area (Å²) in [5.74, 6) is 7.97. The van der Waals surface area contributed by atoms with E-state index in [0.717, 1.165) is 40.4 Å². The first-order valence-electron chi connectivity index (χ1n) is 9.44. The molecule has 2 aromatic carbocycles. The second-order valence-electron chi connectivity index (χ2n) is 6.07. The van der Waals surface area contributed by atoms with E-state index in [9.17, 15) is 0 Å². The van der Waals surface area contributed by atoms with E-state index in [2.05, 4.69) is 11.2 Å². The predicted octanol–water partition coefficient (Wildman–Crippen LogP) is 4.35. The topological polar surface area (TPSA) is 84.5 Å². The van der Waals surface area contributed by atoms with E-state index in [4.69, 9.17) is 29.4 Å². The highest BCUT2D eigenvalue weighted by Crippen LogP contribution is 2.31. The Morgan fingerprint density at radius 1 is 1.10 bits per heavy atom. The minimum Gasteiger partial charge on any atom is -0.495 e. The number of aliphatic imine (C=N–C) groups is 1. The maximum atomic E-state index is 5.82. The van der Waals surface area contributed by atoms with E-state index in [1.54, 1.807) is 18.9 Å². The van der Waals surface area contributed by atoms with Crippen molar-refractivity contribution >= 4 is 30.0 Å². The lowest BCUT2D eigenvalue weighted by atomic mass is 10.1. The van der Waals surface area contributed by atoms with Gasteiger partial charge in [-0.05, 0) is 49.4 Å². The lowest BCUT2D eigenvalue weighted by Gasteiger charge is -2.14. The number of benzene rings is 2. The molecule has 0 heterocycles. The van der Waals surface area contributed by atoms with E-state index in [1.165, 1.54) is 0 Å². The minimum absolute atomic E-state index is 0.114. The number of hydrogen-bond acceptors (Lipinski definition) is 9. The van der Waals surface area contributed by atoms with Gasteiger partial charge in [0.25, 0.3) is 0 Å². The van der Waals surface area contributed by atoms with Gasteiger partial charge >= 0.3 is 0 Å². The van der Waals surface area contributed by atoms with E-state index in [-0.39, 0.29) is 6.04 Å².